The summed E-state index contributed by atoms with van der Waals surface area (Å²) in [5.74, 6) is 0.271. The van der Waals surface area contributed by atoms with Crippen LogP contribution in [0.2, 0.25) is 0 Å². The standard InChI is InChI=1S/C25H27NO7/c1-29-18-11-10-17(22(13-18)30-2)12-21(24(27)31-3)26-14-19-20(16-8-6-5-7-9-16)15-33-23(19)25(28)32-4/h5-11,13,15,21,26H,12,14H2,1-4H3. The van der Waals surface area contributed by atoms with Crippen molar-refractivity contribution < 1.29 is 33.0 Å². The topological polar surface area (TPSA) is 96.2 Å². The fraction of sp³-hybridized carbons (Fsp3) is 0.280. The number of esters is 2. The van der Waals surface area contributed by atoms with Crippen LogP contribution < -0.4 is 14.8 Å². The van der Waals surface area contributed by atoms with E-state index in [1.807, 2.05) is 36.4 Å². The van der Waals surface area contributed by atoms with E-state index in [0.717, 1.165) is 16.7 Å². The molecule has 1 N–H and O–H groups in total. The summed E-state index contributed by atoms with van der Waals surface area (Å²) >= 11 is 0. The zero-order valence-corrected chi connectivity index (χ0v) is 19.0. The minimum Gasteiger partial charge on any atom is -0.497 e. The second-order valence-corrected chi connectivity index (χ2v) is 7.15. The number of hydrogen-bond acceptors (Lipinski definition) is 8. The summed E-state index contributed by atoms with van der Waals surface area (Å²) in [6.07, 6.45) is 1.81. The van der Waals surface area contributed by atoms with E-state index in [0.29, 0.717) is 23.5 Å². The van der Waals surface area contributed by atoms with Crippen molar-refractivity contribution in [2.24, 2.45) is 0 Å². The van der Waals surface area contributed by atoms with E-state index in [9.17, 15) is 9.59 Å². The predicted octanol–water partition coefficient (Wildman–Crippen LogP) is 3.62. The SMILES string of the molecule is COC(=O)c1occ(-c2ccccc2)c1CNC(Cc1ccc(OC)cc1OC)C(=O)OC. The summed E-state index contributed by atoms with van der Waals surface area (Å²) in [6.45, 7) is 0.170. The average molecular weight is 453 g/mol. The molecule has 3 aromatic rings. The lowest BCUT2D eigenvalue weighted by Crippen LogP contribution is -2.39. The van der Waals surface area contributed by atoms with E-state index in [2.05, 4.69) is 5.32 Å². The number of rotatable bonds is 10. The van der Waals surface area contributed by atoms with Gasteiger partial charge in [-0.15, -0.1) is 0 Å². The highest BCUT2D eigenvalue weighted by atomic mass is 16.5. The van der Waals surface area contributed by atoms with Gasteiger partial charge in [0.1, 0.15) is 17.5 Å². The summed E-state index contributed by atoms with van der Waals surface area (Å²) in [7, 11) is 5.74. The average Bonchev–Trinajstić information content (AvgIpc) is 3.29. The number of furan rings is 1. The lowest BCUT2D eigenvalue weighted by Gasteiger charge is -2.19. The van der Waals surface area contributed by atoms with Crippen molar-refractivity contribution in [3.05, 3.63) is 71.7 Å². The Morgan fingerprint density at radius 3 is 2.36 bits per heavy atom. The number of hydrogen-bond donors (Lipinski definition) is 1. The van der Waals surface area contributed by atoms with Crippen molar-refractivity contribution in [3.8, 4) is 22.6 Å². The van der Waals surface area contributed by atoms with E-state index in [-0.39, 0.29) is 12.3 Å². The largest absolute Gasteiger partial charge is 0.497 e. The highest BCUT2D eigenvalue weighted by Gasteiger charge is 2.26. The fourth-order valence-corrected chi connectivity index (χ4v) is 3.53. The summed E-state index contributed by atoms with van der Waals surface area (Å²) in [4.78, 5) is 24.8. The third kappa shape index (κ3) is 5.53. The Bertz CT molecular complexity index is 1090. The molecule has 0 fully saturated rings. The summed E-state index contributed by atoms with van der Waals surface area (Å²) < 4.78 is 26.1. The smallest absolute Gasteiger partial charge is 0.374 e. The van der Waals surface area contributed by atoms with Crippen LogP contribution in [0.3, 0.4) is 0 Å². The van der Waals surface area contributed by atoms with E-state index in [1.54, 1.807) is 26.4 Å². The molecule has 0 aliphatic heterocycles. The first-order valence-corrected chi connectivity index (χ1v) is 10.3. The first kappa shape index (κ1) is 23.9. The molecule has 0 saturated heterocycles. The van der Waals surface area contributed by atoms with Crippen LogP contribution in [-0.4, -0.2) is 46.4 Å². The molecule has 2 aromatic carbocycles. The minimum atomic E-state index is -0.707. The van der Waals surface area contributed by atoms with E-state index < -0.39 is 18.0 Å². The molecule has 1 unspecified atom stereocenters. The molecule has 0 aliphatic rings. The molecule has 1 heterocycles. The van der Waals surface area contributed by atoms with Gasteiger partial charge in [0.05, 0.1) is 34.7 Å². The zero-order valence-electron chi connectivity index (χ0n) is 19.0. The maximum atomic E-state index is 12.6. The van der Waals surface area contributed by atoms with Crippen LogP contribution in [0.1, 0.15) is 21.7 Å². The molecule has 1 aromatic heterocycles. The lowest BCUT2D eigenvalue weighted by molar-refractivity contribution is -0.143. The molecule has 0 aliphatic carbocycles. The minimum absolute atomic E-state index is 0.0782. The van der Waals surface area contributed by atoms with Crippen LogP contribution >= 0.6 is 0 Å². The molecular formula is C25H27NO7. The molecule has 0 saturated carbocycles. The van der Waals surface area contributed by atoms with E-state index in [1.165, 1.54) is 20.5 Å². The molecule has 33 heavy (non-hydrogen) atoms. The van der Waals surface area contributed by atoms with Gasteiger partial charge in [0, 0.05) is 30.2 Å². The van der Waals surface area contributed by atoms with Gasteiger partial charge in [-0.25, -0.2) is 4.79 Å². The third-order valence-electron chi connectivity index (χ3n) is 5.28. The van der Waals surface area contributed by atoms with Crippen LogP contribution in [0, 0.1) is 0 Å². The number of benzene rings is 2. The second kappa shape index (κ2) is 11.2. The van der Waals surface area contributed by atoms with Crippen LogP contribution in [0.15, 0.2) is 59.2 Å². The van der Waals surface area contributed by atoms with E-state index >= 15 is 0 Å². The lowest BCUT2D eigenvalue weighted by atomic mass is 10.0. The molecule has 8 nitrogen and oxygen atoms in total. The first-order chi connectivity index (χ1) is 16.0. The van der Waals surface area contributed by atoms with Gasteiger partial charge < -0.3 is 23.4 Å². The predicted molar refractivity (Wildman–Crippen MR) is 121 cm³/mol. The Morgan fingerprint density at radius 1 is 0.970 bits per heavy atom. The molecule has 3 rings (SSSR count). The molecular weight excluding hydrogens is 426 g/mol. The number of carbonyl (C=O) groups is 2. The highest BCUT2D eigenvalue weighted by Crippen LogP contribution is 2.30. The maximum absolute atomic E-state index is 12.6. The van der Waals surface area contributed by atoms with Gasteiger partial charge in [0.2, 0.25) is 5.76 Å². The Labute approximate surface area is 192 Å². The Balaban J connectivity index is 1.89. The molecule has 0 radical (unpaired) electrons. The van der Waals surface area contributed by atoms with Gasteiger partial charge in [-0.05, 0) is 17.2 Å². The van der Waals surface area contributed by atoms with Gasteiger partial charge in [0.25, 0.3) is 0 Å². The van der Waals surface area contributed by atoms with Crippen molar-refractivity contribution in [2.45, 2.75) is 19.0 Å². The van der Waals surface area contributed by atoms with Crippen molar-refractivity contribution in [3.63, 3.8) is 0 Å². The van der Waals surface area contributed by atoms with Crippen molar-refractivity contribution in [1.82, 2.24) is 5.32 Å². The molecule has 0 bridgehead atoms. The zero-order chi connectivity index (χ0) is 23.8. The molecule has 0 amide bonds. The van der Waals surface area contributed by atoms with Gasteiger partial charge in [-0.3, -0.25) is 10.1 Å². The highest BCUT2D eigenvalue weighted by molar-refractivity contribution is 5.90. The molecule has 1 atom stereocenters. The quantitative estimate of drug-likeness (QED) is 0.465. The first-order valence-electron chi connectivity index (χ1n) is 10.3. The Hall–Kier alpha value is -3.78. The van der Waals surface area contributed by atoms with Gasteiger partial charge in [-0.2, -0.15) is 0 Å². The number of nitrogens with one attached hydrogen (secondary N) is 1. The Morgan fingerprint density at radius 2 is 1.73 bits per heavy atom. The maximum Gasteiger partial charge on any atom is 0.374 e. The second-order valence-electron chi connectivity index (χ2n) is 7.15. The van der Waals surface area contributed by atoms with Gasteiger partial charge in [0.15, 0.2) is 0 Å². The van der Waals surface area contributed by atoms with Crippen LogP contribution in [-0.2, 0) is 27.2 Å². The van der Waals surface area contributed by atoms with Crippen LogP contribution in [0.5, 0.6) is 11.5 Å². The third-order valence-corrected chi connectivity index (χ3v) is 5.28. The van der Waals surface area contributed by atoms with Gasteiger partial charge in [-0.1, -0.05) is 36.4 Å². The van der Waals surface area contributed by atoms with Gasteiger partial charge >= 0.3 is 11.9 Å². The monoisotopic (exact) mass is 453 g/mol. The van der Waals surface area contributed by atoms with Crippen LogP contribution in [0.25, 0.3) is 11.1 Å². The van der Waals surface area contributed by atoms with Crippen molar-refractivity contribution in [2.75, 3.05) is 28.4 Å². The molecule has 174 valence electrons. The summed E-state index contributed by atoms with van der Waals surface area (Å²) in [5.41, 5.74) is 2.99. The molecule has 0 spiro atoms. The fourth-order valence-electron chi connectivity index (χ4n) is 3.53. The number of ether oxygens (including phenoxy) is 4. The van der Waals surface area contributed by atoms with E-state index in [4.69, 9.17) is 23.4 Å². The summed E-state index contributed by atoms with van der Waals surface area (Å²) in [6, 6.07) is 14.2. The number of methoxy groups -OCH3 is 4. The van der Waals surface area contributed by atoms with Crippen LogP contribution in [0.4, 0.5) is 0 Å². The normalized spacial score (nSPS) is 11.5. The molecule has 8 heteroatoms. The van der Waals surface area contributed by atoms with Crippen molar-refractivity contribution in [1.29, 1.82) is 0 Å². The Kier molecular flexibility index (Phi) is 8.10. The van der Waals surface area contributed by atoms with Crippen molar-refractivity contribution >= 4 is 11.9 Å². The summed E-state index contributed by atoms with van der Waals surface area (Å²) in [5, 5.41) is 3.20. The number of carbonyl (C=O) groups excluding carboxylic acids is 2.